The number of benzene rings is 1. The van der Waals surface area contributed by atoms with Gasteiger partial charge in [-0.05, 0) is 42.4 Å². The second-order valence-electron chi connectivity index (χ2n) is 5.58. The van der Waals surface area contributed by atoms with Crippen LogP contribution in [0.15, 0.2) is 18.2 Å². The summed E-state index contributed by atoms with van der Waals surface area (Å²) in [6, 6.07) is 6.50. The van der Waals surface area contributed by atoms with Crippen LogP contribution in [0, 0.1) is 6.92 Å². The SMILES string of the molecule is Cc1ccc(C(C)C)cc1C1(CC(=O)O)CC1. The van der Waals surface area contributed by atoms with E-state index < -0.39 is 5.97 Å². The van der Waals surface area contributed by atoms with E-state index in [9.17, 15) is 4.79 Å². The van der Waals surface area contributed by atoms with Gasteiger partial charge in [-0.25, -0.2) is 0 Å². The molecule has 0 atom stereocenters. The maximum absolute atomic E-state index is 11.0. The molecule has 1 aliphatic carbocycles. The average molecular weight is 232 g/mol. The first-order valence-electron chi connectivity index (χ1n) is 6.27. The summed E-state index contributed by atoms with van der Waals surface area (Å²) in [5.41, 5.74) is 3.72. The van der Waals surface area contributed by atoms with Gasteiger partial charge in [-0.15, -0.1) is 0 Å². The largest absolute Gasteiger partial charge is 0.481 e. The van der Waals surface area contributed by atoms with E-state index in [4.69, 9.17) is 5.11 Å². The number of rotatable bonds is 4. The smallest absolute Gasteiger partial charge is 0.304 e. The van der Waals surface area contributed by atoms with Gasteiger partial charge in [-0.3, -0.25) is 4.79 Å². The Morgan fingerprint density at radius 2 is 2.06 bits per heavy atom. The molecule has 2 heteroatoms. The molecule has 1 fully saturated rings. The number of carboxylic acids is 1. The number of carbonyl (C=O) groups is 1. The van der Waals surface area contributed by atoms with Gasteiger partial charge in [0.05, 0.1) is 6.42 Å². The van der Waals surface area contributed by atoms with Gasteiger partial charge in [0.15, 0.2) is 0 Å². The van der Waals surface area contributed by atoms with Crippen LogP contribution in [-0.4, -0.2) is 11.1 Å². The lowest BCUT2D eigenvalue weighted by Gasteiger charge is -2.18. The number of hydrogen-bond acceptors (Lipinski definition) is 1. The highest BCUT2D eigenvalue weighted by atomic mass is 16.4. The van der Waals surface area contributed by atoms with Gasteiger partial charge in [-0.1, -0.05) is 32.0 Å². The van der Waals surface area contributed by atoms with Crippen LogP contribution < -0.4 is 0 Å². The minimum atomic E-state index is -0.683. The van der Waals surface area contributed by atoms with Gasteiger partial charge in [0.2, 0.25) is 0 Å². The Morgan fingerprint density at radius 3 is 2.53 bits per heavy atom. The van der Waals surface area contributed by atoms with Gasteiger partial charge < -0.3 is 5.11 Å². The van der Waals surface area contributed by atoms with Crippen LogP contribution in [0.2, 0.25) is 0 Å². The molecule has 1 aromatic rings. The summed E-state index contributed by atoms with van der Waals surface area (Å²) in [5, 5.41) is 9.02. The van der Waals surface area contributed by atoms with Crippen LogP contribution in [0.4, 0.5) is 0 Å². The monoisotopic (exact) mass is 232 g/mol. The van der Waals surface area contributed by atoms with Crippen molar-refractivity contribution in [3.8, 4) is 0 Å². The zero-order chi connectivity index (χ0) is 12.6. The molecular weight excluding hydrogens is 212 g/mol. The minimum absolute atomic E-state index is 0.0686. The summed E-state index contributed by atoms with van der Waals surface area (Å²) < 4.78 is 0. The number of aliphatic carboxylic acids is 1. The van der Waals surface area contributed by atoms with Gasteiger partial charge >= 0.3 is 5.97 Å². The summed E-state index contributed by atoms with van der Waals surface area (Å²) in [6.07, 6.45) is 2.30. The van der Waals surface area contributed by atoms with Crippen LogP contribution >= 0.6 is 0 Å². The van der Waals surface area contributed by atoms with Crippen molar-refractivity contribution >= 4 is 5.97 Å². The first-order chi connectivity index (χ1) is 7.94. The van der Waals surface area contributed by atoms with E-state index in [0.29, 0.717) is 5.92 Å². The fraction of sp³-hybridized carbons (Fsp3) is 0.533. The molecule has 0 spiro atoms. The Labute approximate surface area is 103 Å². The summed E-state index contributed by atoms with van der Waals surface area (Å²) in [6.45, 7) is 6.43. The summed E-state index contributed by atoms with van der Waals surface area (Å²) >= 11 is 0. The summed E-state index contributed by atoms with van der Waals surface area (Å²) in [7, 11) is 0. The third-order valence-electron chi connectivity index (χ3n) is 3.84. The predicted octanol–water partition coefficient (Wildman–Crippen LogP) is 3.62. The molecule has 0 radical (unpaired) electrons. The summed E-state index contributed by atoms with van der Waals surface area (Å²) in [4.78, 5) is 11.0. The predicted molar refractivity (Wildman–Crippen MR) is 68.4 cm³/mol. The molecule has 0 amide bonds. The van der Waals surface area contributed by atoms with Crippen molar-refractivity contribution in [2.24, 2.45) is 0 Å². The van der Waals surface area contributed by atoms with E-state index in [1.54, 1.807) is 0 Å². The molecule has 0 aliphatic heterocycles. The van der Waals surface area contributed by atoms with Crippen LogP contribution in [-0.2, 0) is 10.2 Å². The molecule has 1 saturated carbocycles. The quantitative estimate of drug-likeness (QED) is 0.860. The molecule has 1 aliphatic rings. The molecule has 2 nitrogen and oxygen atoms in total. The maximum Gasteiger partial charge on any atom is 0.304 e. The second-order valence-corrected chi connectivity index (χ2v) is 5.58. The molecule has 92 valence electrons. The first-order valence-corrected chi connectivity index (χ1v) is 6.27. The lowest BCUT2D eigenvalue weighted by molar-refractivity contribution is -0.137. The lowest BCUT2D eigenvalue weighted by Crippen LogP contribution is -2.14. The van der Waals surface area contributed by atoms with Gasteiger partial charge in [0.25, 0.3) is 0 Å². The number of aryl methyl sites for hydroxylation is 1. The zero-order valence-electron chi connectivity index (χ0n) is 10.8. The standard InChI is InChI=1S/C15H20O2/c1-10(2)12-5-4-11(3)13(8-12)15(6-7-15)9-14(16)17/h4-5,8,10H,6-7,9H2,1-3H3,(H,16,17). The fourth-order valence-corrected chi connectivity index (χ4v) is 2.55. The molecule has 1 N–H and O–H groups in total. The highest BCUT2D eigenvalue weighted by Crippen LogP contribution is 2.52. The molecule has 0 saturated heterocycles. The van der Waals surface area contributed by atoms with Gasteiger partial charge in [-0.2, -0.15) is 0 Å². The molecule has 1 aromatic carbocycles. The van der Waals surface area contributed by atoms with E-state index in [1.165, 1.54) is 16.7 Å². The molecule has 2 rings (SSSR count). The highest BCUT2D eigenvalue weighted by molar-refractivity contribution is 5.70. The Morgan fingerprint density at radius 1 is 1.41 bits per heavy atom. The van der Waals surface area contributed by atoms with Crippen LogP contribution in [0.1, 0.15) is 55.7 Å². The Balaban J connectivity index is 2.37. The van der Waals surface area contributed by atoms with Crippen molar-refractivity contribution in [3.05, 3.63) is 34.9 Å². The first kappa shape index (κ1) is 12.2. The van der Waals surface area contributed by atoms with Crippen molar-refractivity contribution in [1.82, 2.24) is 0 Å². The zero-order valence-corrected chi connectivity index (χ0v) is 10.8. The van der Waals surface area contributed by atoms with Crippen LogP contribution in [0.5, 0.6) is 0 Å². The normalized spacial score (nSPS) is 17.2. The van der Waals surface area contributed by atoms with Crippen molar-refractivity contribution in [2.45, 2.75) is 51.4 Å². The molecule has 0 unspecified atom stereocenters. The maximum atomic E-state index is 11.0. The van der Waals surface area contributed by atoms with Crippen molar-refractivity contribution in [3.63, 3.8) is 0 Å². The lowest BCUT2D eigenvalue weighted by atomic mass is 9.86. The third-order valence-corrected chi connectivity index (χ3v) is 3.84. The van der Waals surface area contributed by atoms with Gasteiger partial charge in [0.1, 0.15) is 0 Å². The van der Waals surface area contributed by atoms with E-state index in [1.807, 2.05) is 0 Å². The van der Waals surface area contributed by atoms with E-state index in [-0.39, 0.29) is 11.8 Å². The molecule has 0 heterocycles. The molecular formula is C15H20O2. The number of carboxylic acid groups (broad SMARTS) is 1. The van der Waals surface area contributed by atoms with E-state index in [0.717, 1.165) is 12.8 Å². The Kier molecular flexibility index (Phi) is 2.98. The average Bonchev–Trinajstić information content (AvgIpc) is 2.97. The Bertz CT molecular complexity index is 442. The Hall–Kier alpha value is -1.31. The van der Waals surface area contributed by atoms with Crippen LogP contribution in [0.25, 0.3) is 0 Å². The van der Waals surface area contributed by atoms with Crippen LogP contribution in [0.3, 0.4) is 0 Å². The summed E-state index contributed by atoms with van der Waals surface area (Å²) in [5.74, 6) is -0.188. The second kappa shape index (κ2) is 4.17. The van der Waals surface area contributed by atoms with Crippen molar-refractivity contribution in [1.29, 1.82) is 0 Å². The van der Waals surface area contributed by atoms with Crippen molar-refractivity contribution in [2.75, 3.05) is 0 Å². The number of hydrogen-bond donors (Lipinski definition) is 1. The highest BCUT2D eigenvalue weighted by Gasteiger charge is 2.46. The topological polar surface area (TPSA) is 37.3 Å². The van der Waals surface area contributed by atoms with Crippen molar-refractivity contribution < 1.29 is 9.90 Å². The van der Waals surface area contributed by atoms with E-state index in [2.05, 4.69) is 39.0 Å². The third kappa shape index (κ3) is 2.36. The molecule has 17 heavy (non-hydrogen) atoms. The molecule has 0 bridgehead atoms. The fourth-order valence-electron chi connectivity index (χ4n) is 2.55. The van der Waals surface area contributed by atoms with E-state index >= 15 is 0 Å². The van der Waals surface area contributed by atoms with Gasteiger partial charge in [0, 0.05) is 5.41 Å². The molecule has 0 aromatic heterocycles. The minimum Gasteiger partial charge on any atom is -0.481 e.